The zero-order valence-corrected chi connectivity index (χ0v) is 24.0. The summed E-state index contributed by atoms with van der Waals surface area (Å²) >= 11 is 1.71. The molecule has 0 radical (unpaired) electrons. The minimum absolute atomic E-state index is 0.138. The van der Waals surface area contributed by atoms with Gasteiger partial charge in [0, 0.05) is 72.8 Å². The van der Waals surface area contributed by atoms with Crippen molar-refractivity contribution in [1.29, 1.82) is 0 Å². The number of ether oxygens (including phenoxy) is 1. The van der Waals surface area contributed by atoms with Gasteiger partial charge in [0.1, 0.15) is 0 Å². The highest BCUT2D eigenvalue weighted by Gasteiger charge is 2.30. The van der Waals surface area contributed by atoms with Gasteiger partial charge in [-0.3, -0.25) is 4.90 Å². The fourth-order valence-electron chi connectivity index (χ4n) is 5.16. The molecule has 3 aromatic rings. The van der Waals surface area contributed by atoms with Crippen LogP contribution in [-0.4, -0.2) is 92.9 Å². The van der Waals surface area contributed by atoms with Crippen LogP contribution in [0.25, 0.3) is 21.5 Å². The van der Waals surface area contributed by atoms with E-state index in [1.165, 1.54) is 30.2 Å². The molecule has 0 atom stereocenters. The highest BCUT2D eigenvalue weighted by Crippen LogP contribution is 2.39. The number of rotatable bonds is 8. The number of hydrogen-bond donors (Lipinski definition) is 0. The summed E-state index contributed by atoms with van der Waals surface area (Å²) in [4.78, 5) is 22.9. The molecule has 0 unspecified atom stereocenters. The predicted molar refractivity (Wildman–Crippen MR) is 149 cm³/mol. The molecule has 2 saturated heterocycles. The molecule has 3 aromatic heterocycles. The Morgan fingerprint density at radius 1 is 1.16 bits per heavy atom. The van der Waals surface area contributed by atoms with Gasteiger partial charge >= 0.3 is 0 Å². The maximum absolute atomic E-state index is 12.1. The van der Waals surface area contributed by atoms with Crippen LogP contribution in [-0.2, 0) is 22.1 Å². The van der Waals surface area contributed by atoms with E-state index in [9.17, 15) is 8.42 Å². The number of fused-ring (bicyclic) bond motifs is 1. The van der Waals surface area contributed by atoms with Crippen LogP contribution in [0.4, 0.5) is 5.95 Å². The normalized spacial score (nSPS) is 17.5. The van der Waals surface area contributed by atoms with Crippen molar-refractivity contribution in [2.24, 2.45) is 0 Å². The van der Waals surface area contributed by atoms with E-state index in [4.69, 9.17) is 14.7 Å². The van der Waals surface area contributed by atoms with E-state index in [1.807, 2.05) is 6.07 Å². The Morgan fingerprint density at radius 3 is 2.54 bits per heavy atom. The molecule has 0 N–H and O–H groups in total. The Hall–Kier alpha value is -2.34. The molecule has 200 valence electrons. The van der Waals surface area contributed by atoms with Gasteiger partial charge in [0.15, 0.2) is 9.84 Å². The summed E-state index contributed by atoms with van der Waals surface area (Å²) in [5.74, 6) is 0.935. The molecular formula is C26H36N6O3S2. The summed E-state index contributed by atoms with van der Waals surface area (Å²) in [7, 11) is 2.52. The fourth-order valence-corrected chi connectivity index (χ4v) is 7.05. The Kier molecular flexibility index (Phi) is 7.41. The van der Waals surface area contributed by atoms with E-state index in [0.717, 1.165) is 73.0 Å². The quantitative estimate of drug-likeness (QED) is 0.423. The molecule has 5 heterocycles. The van der Waals surface area contributed by atoms with Gasteiger partial charge in [-0.15, -0.1) is 11.3 Å². The standard InChI is InChI=1S/C26H36N6O3S2/c1-17-21(15-31-13-20(14-31)30(2)3)23-24(36-17)22(28-26(29-23)32-9-7-6-8-10-32)18-11-19(16-37(5,33)34)25(35-4)27-12-18/h11-12,20H,6-10,13-16H2,1-5H3. The van der Waals surface area contributed by atoms with Gasteiger partial charge < -0.3 is 14.5 Å². The number of thiophene rings is 1. The van der Waals surface area contributed by atoms with E-state index in [2.05, 4.69) is 40.7 Å². The smallest absolute Gasteiger partial charge is 0.226 e. The van der Waals surface area contributed by atoms with Crippen LogP contribution in [0.2, 0.25) is 0 Å². The Labute approximate surface area is 223 Å². The molecule has 11 heteroatoms. The average Bonchev–Trinajstić information content (AvgIpc) is 3.14. The number of anilines is 1. The first-order valence-corrected chi connectivity index (χ1v) is 15.7. The number of nitrogens with zero attached hydrogens (tertiary/aromatic N) is 6. The lowest BCUT2D eigenvalue weighted by Crippen LogP contribution is -2.56. The first kappa shape index (κ1) is 26.3. The minimum Gasteiger partial charge on any atom is -0.481 e. The van der Waals surface area contributed by atoms with Crippen molar-refractivity contribution in [3.05, 3.63) is 28.3 Å². The summed E-state index contributed by atoms with van der Waals surface area (Å²) in [5.41, 5.74) is 4.40. The van der Waals surface area contributed by atoms with Crippen LogP contribution in [0.5, 0.6) is 5.88 Å². The van der Waals surface area contributed by atoms with Crippen LogP contribution < -0.4 is 9.64 Å². The Balaban J connectivity index is 1.61. The van der Waals surface area contributed by atoms with Crippen molar-refractivity contribution >= 4 is 37.3 Å². The van der Waals surface area contributed by atoms with Gasteiger partial charge in [-0.25, -0.2) is 23.4 Å². The summed E-state index contributed by atoms with van der Waals surface area (Å²) in [5, 5.41) is 0. The molecule has 0 amide bonds. The molecule has 2 fully saturated rings. The number of pyridine rings is 1. The van der Waals surface area contributed by atoms with E-state index < -0.39 is 9.84 Å². The van der Waals surface area contributed by atoms with Crippen molar-refractivity contribution < 1.29 is 13.2 Å². The van der Waals surface area contributed by atoms with Crippen LogP contribution in [0.15, 0.2) is 12.3 Å². The second kappa shape index (κ2) is 10.4. The maximum Gasteiger partial charge on any atom is 0.226 e. The van der Waals surface area contributed by atoms with Crippen LogP contribution >= 0.6 is 11.3 Å². The van der Waals surface area contributed by atoms with Crippen molar-refractivity contribution in [1.82, 2.24) is 24.8 Å². The number of hydrogen-bond acceptors (Lipinski definition) is 10. The zero-order valence-electron chi connectivity index (χ0n) is 22.3. The minimum atomic E-state index is -3.27. The van der Waals surface area contributed by atoms with Crippen LogP contribution in [0.1, 0.15) is 35.3 Å². The second-order valence-electron chi connectivity index (χ2n) is 10.5. The predicted octanol–water partition coefficient (Wildman–Crippen LogP) is 3.35. The molecule has 0 spiro atoms. The molecule has 0 bridgehead atoms. The topological polar surface area (TPSA) is 91.8 Å². The number of sulfone groups is 1. The number of likely N-dealkylation sites (tertiary alicyclic amines) is 1. The third kappa shape index (κ3) is 5.59. The Morgan fingerprint density at radius 2 is 1.89 bits per heavy atom. The third-order valence-corrected chi connectivity index (χ3v) is 9.30. The van der Waals surface area contributed by atoms with Gasteiger partial charge in [-0.2, -0.15) is 0 Å². The summed E-state index contributed by atoms with van der Waals surface area (Å²) in [6.45, 7) is 7.03. The number of aryl methyl sites for hydroxylation is 1. The molecule has 37 heavy (non-hydrogen) atoms. The van der Waals surface area contributed by atoms with E-state index in [0.29, 0.717) is 17.5 Å². The number of piperidine rings is 1. The van der Waals surface area contributed by atoms with Gasteiger partial charge in [0.25, 0.3) is 0 Å². The largest absolute Gasteiger partial charge is 0.481 e. The summed E-state index contributed by atoms with van der Waals surface area (Å²) < 4.78 is 30.6. The van der Waals surface area contributed by atoms with Crippen LogP contribution in [0.3, 0.4) is 0 Å². The van der Waals surface area contributed by atoms with Crippen molar-refractivity contribution in [3.8, 4) is 17.1 Å². The van der Waals surface area contributed by atoms with E-state index in [-0.39, 0.29) is 5.75 Å². The monoisotopic (exact) mass is 544 g/mol. The molecule has 2 aliphatic heterocycles. The molecular weight excluding hydrogens is 508 g/mol. The zero-order chi connectivity index (χ0) is 26.3. The number of aromatic nitrogens is 3. The second-order valence-corrected chi connectivity index (χ2v) is 13.9. The average molecular weight is 545 g/mol. The third-order valence-electron chi connectivity index (χ3n) is 7.32. The van der Waals surface area contributed by atoms with Crippen molar-refractivity contribution in [2.45, 2.75) is 44.5 Å². The first-order chi connectivity index (χ1) is 17.6. The van der Waals surface area contributed by atoms with Crippen molar-refractivity contribution in [2.75, 3.05) is 58.5 Å². The molecule has 2 aliphatic rings. The van der Waals surface area contributed by atoms with Crippen molar-refractivity contribution in [3.63, 3.8) is 0 Å². The molecule has 0 saturated carbocycles. The highest BCUT2D eigenvalue weighted by molar-refractivity contribution is 7.89. The first-order valence-electron chi connectivity index (χ1n) is 12.8. The van der Waals surface area contributed by atoms with E-state index in [1.54, 1.807) is 17.5 Å². The van der Waals surface area contributed by atoms with Crippen LogP contribution in [0, 0.1) is 6.92 Å². The molecule has 5 rings (SSSR count). The lowest BCUT2D eigenvalue weighted by Gasteiger charge is -2.42. The fraction of sp³-hybridized carbons (Fsp3) is 0.577. The molecule has 0 aromatic carbocycles. The van der Waals surface area contributed by atoms with Gasteiger partial charge in [0.2, 0.25) is 11.8 Å². The maximum atomic E-state index is 12.1. The number of likely N-dealkylation sites (N-methyl/N-ethyl adjacent to an activating group) is 1. The SMILES string of the molecule is COc1ncc(-c2nc(N3CCCCC3)nc3c(CN4CC(N(C)C)C4)c(C)sc23)cc1CS(C)(=O)=O. The number of methoxy groups -OCH3 is 1. The van der Waals surface area contributed by atoms with Gasteiger partial charge in [-0.05, 0) is 46.3 Å². The molecule has 0 aliphatic carbocycles. The molecule has 9 nitrogen and oxygen atoms in total. The lowest BCUT2D eigenvalue weighted by atomic mass is 10.1. The lowest BCUT2D eigenvalue weighted by molar-refractivity contribution is 0.0576. The van der Waals surface area contributed by atoms with Gasteiger partial charge in [0.05, 0.1) is 28.8 Å². The van der Waals surface area contributed by atoms with Gasteiger partial charge in [-0.1, -0.05) is 0 Å². The highest BCUT2D eigenvalue weighted by atomic mass is 32.2. The Bertz CT molecular complexity index is 1390. The summed E-state index contributed by atoms with van der Waals surface area (Å²) in [6.07, 6.45) is 6.46. The summed E-state index contributed by atoms with van der Waals surface area (Å²) in [6, 6.07) is 2.46. The van der Waals surface area contributed by atoms with E-state index >= 15 is 0 Å².